The zero-order chi connectivity index (χ0) is 3.58. The average molecular weight is 319 g/mol. The maximum absolute atomic E-state index is 8.42. The smallest absolute Gasteiger partial charge is 0.907 e. The Morgan fingerprint density at radius 3 is 1.00 bits per heavy atom. The molecule has 0 saturated carbocycles. The summed E-state index contributed by atoms with van der Waals surface area (Å²) in [5.74, 6) is 0. The third-order valence-corrected chi connectivity index (χ3v) is 0. The van der Waals surface area contributed by atoms with E-state index in [0.717, 1.165) is 0 Å². The molecule has 0 aromatic rings. The number of hydrogen-bond acceptors (Lipinski definition) is 3. The van der Waals surface area contributed by atoms with Crippen LogP contribution < -0.4 is 15.1 Å². The van der Waals surface area contributed by atoms with Gasteiger partial charge in [0.1, 0.15) is 0 Å². The van der Waals surface area contributed by atoms with E-state index in [4.69, 9.17) is 15.1 Å². The van der Waals surface area contributed by atoms with Crippen LogP contribution in [0.1, 0.15) is 0 Å². The SMILES string of the molecule is [Al+3].[Nd+3].[O-]B([O-])[O-].[Y+3]. The molecule has 0 fully saturated rings. The summed E-state index contributed by atoms with van der Waals surface area (Å²) in [6.07, 6.45) is 0. The third-order valence-electron chi connectivity index (χ3n) is 0. The van der Waals surface area contributed by atoms with Crippen molar-refractivity contribution in [3.8, 4) is 0 Å². The molecule has 0 aliphatic carbocycles. The van der Waals surface area contributed by atoms with Gasteiger partial charge in [-0.15, -0.1) is 0 Å². The van der Waals surface area contributed by atoms with Gasteiger partial charge in [-0.2, -0.15) is 0 Å². The van der Waals surface area contributed by atoms with Gasteiger partial charge < -0.3 is 15.1 Å². The largest absolute Gasteiger partial charge is 3.00 e. The monoisotopic (exact) mass is 317 g/mol. The quantitative estimate of drug-likeness (QED) is 0.424. The standard InChI is InChI=1S/Al.BO3.Nd.Y/c;2-1(3)4;;/q+3;-3;2*+3. The predicted octanol–water partition coefficient (Wildman–Crippen LogP) is -4.33. The Morgan fingerprint density at radius 2 is 1.00 bits per heavy atom. The number of hydrogen-bond donors (Lipinski definition) is 0. The maximum Gasteiger partial charge on any atom is 3.00 e. The van der Waals surface area contributed by atoms with Crippen LogP contribution in [0.5, 0.6) is 0 Å². The molecule has 0 spiro atoms. The van der Waals surface area contributed by atoms with Crippen LogP contribution in [0.4, 0.5) is 0 Å². The van der Waals surface area contributed by atoms with Gasteiger partial charge in [0.25, 0.3) is 0 Å². The Hall–Kier alpha value is 2.93. The third kappa shape index (κ3) is 49.9. The minimum absolute atomic E-state index is 0. The van der Waals surface area contributed by atoms with E-state index in [-0.39, 0.29) is 90.9 Å². The summed E-state index contributed by atoms with van der Waals surface area (Å²) in [5.41, 5.74) is 0. The van der Waals surface area contributed by atoms with Gasteiger partial charge in [-0.1, -0.05) is 0 Å². The summed E-state index contributed by atoms with van der Waals surface area (Å²) in [6.45, 7) is 0. The molecule has 0 amide bonds. The van der Waals surface area contributed by atoms with Gasteiger partial charge >= 0.3 is 90.9 Å². The van der Waals surface area contributed by atoms with Gasteiger partial charge in [-0.05, 0) is 0 Å². The zero-order valence-electron chi connectivity index (χ0n) is 3.46. The van der Waals surface area contributed by atoms with Crippen LogP contribution in [0, 0.1) is 40.8 Å². The Bertz CT molecular complexity index is 19.7. The molecule has 0 aliphatic heterocycles. The van der Waals surface area contributed by atoms with Crippen LogP contribution in [0.2, 0.25) is 0 Å². The van der Waals surface area contributed by atoms with Gasteiger partial charge in [0.2, 0.25) is 0 Å². The van der Waals surface area contributed by atoms with Crippen molar-refractivity contribution in [2.75, 3.05) is 0 Å². The van der Waals surface area contributed by atoms with Gasteiger partial charge in [0, 0.05) is 0 Å². The van der Waals surface area contributed by atoms with Crippen molar-refractivity contribution in [2.45, 2.75) is 0 Å². The molecule has 0 saturated heterocycles. The summed E-state index contributed by atoms with van der Waals surface area (Å²) in [5, 5.41) is 25.2. The van der Waals surface area contributed by atoms with Gasteiger partial charge in [0.15, 0.2) is 0 Å². The summed E-state index contributed by atoms with van der Waals surface area (Å²) >= 11 is 0. The van der Waals surface area contributed by atoms with Crippen LogP contribution in [0.25, 0.3) is 0 Å². The molecule has 0 rings (SSSR count). The second-order valence-corrected chi connectivity index (χ2v) is 0.289. The summed E-state index contributed by atoms with van der Waals surface area (Å²) in [6, 6.07) is 0. The fourth-order valence-electron chi connectivity index (χ4n) is 0. The van der Waals surface area contributed by atoms with Crippen LogP contribution >= 0.6 is 0 Å². The van der Waals surface area contributed by atoms with E-state index in [0.29, 0.717) is 0 Å². The van der Waals surface area contributed by atoms with E-state index in [2.05, 4.69) is 0 Å². The van der Waals surface area contributed by atoms with Crippen LogP contribution in [0.3, 0.4) is 0 Å². The first-order valence-corrected chi connectivity index (χ1v) is 0.707. The second-order valence-electron chi connectivity index (χ2n) is 0.289. The summed E-state index contributed by atoms with van der Waals surface area (Å²) in [4.78, 5) is 0. The average Bonchev–Trinajstić information content (AvgIpc) is 0.811. The molecule has 0 unspecified atom stereocenters. The minimum atomic E-state index is -2.92. The Morgan fingerprint density at radius 1 is 1.00 bits per heavy atom. The zero-order valence-corrected chi connectivity index (χ0v) is 10.7. The van der Waals surface area contributed by atoms with Crippen LogP contribution in [-0.2, 0) is 32.7 Å². The van der Waals surface area contributed by atoms with E-state index in [1.54, 1.807) is 0 Å². The molecule has 0 atom stereocenters. The molecular weight excluding hydrogens is 319 g/mol. The van der Waals surface area contributed by atoms with Crippen molar-refractivity contribution in [1.29, 1.82) is 0 Å². The van der Waals surface area contributed by atoms with Crippen molar-refractivity contribution in [3.63, 3.8) is 0 Å². The fraction of sp³-hybridized carbons (Fsp3) is 0. The second kappa shape index (κ2) is 16.0. The summed E-state index contributed by atoms with van der Waals surface area (Å²) in [7, 11) is -2.92. The molecule has 0 bridgehead atoms. The first kappa shape index (κ1) is 22.5. The molecule has 0 N–H and O–H groups in total. The van der Waals surface area contributed by atoms with E-state index in [1.807, 2.05) is 0 Å². The summed E-state index contributed by atoms with van der Waals surface area (Å²) < 4.78 is 0. The van der Waals surface area contributed by atoms with E-state index < -0.39 is 7.32 Å². The van der Waals surface area contributed by atoms with Crippen LogP contribution in [-0.4, -0.2) is 24.7 Å². The van der Waals surface area contributed by atoms with Gasteiger partial charge in [0.05, 0.1) is 0 Å². The molecule has 0 aromatic heterocycles. The topological polar surface area (TPSA) is 69.2 Å². The molecule has 0 aromatic carbocycles. The van der Waals surface area contributed by atoms with Gasteiger partial charge in [-0.3, -0.25) is 7.32 Å². The fourth-order valence-corrected chi connectivity index (χ4v) is 0. The maximum atomic E-state index is 8.42. The van der Waals surface area contributed by atoms with Crippen molar-refractivity contribution in [1.82, 2.24) is 0 Å². The normalized spacial score (nSPS) is 3.86. The van der Waals surface area contributed by atoms with Crippen molar-refractivity contribution in [3.05, 3.63) is 0 Å². The Kier molecular flexibility index (Phi) is 51.4. The molecular formula is AlBNdO3Y+6. The van der Waals surface area contributed by atoms with Crippen molar-refractivity contribution >= 4 is 24.7 Å². The molecule has 0 heterocycles. The van der Waals surface area contributed by atoms with E-state index >= 15 is 0 Å². The number of rotatable bonds is 0. The molecule has 25 valence electrons. The minimum Gasteiger partial charge on any atom is -0.907 e. The van der Waals surface area contributed by atoms with E-state index in [1.165, 1.54) is 0 Å². The molecule has 7 heteroatoms. The van der Waals surface area contributed by atoms with Crippen molar-refractivity contribution < 1.29 is 88.6 Å². The molecule has 3 nitrogen and oxygen atoms in total. The van der Waals surface area contributed by atoms with Crippen molar-refractivity contribution in [2.24, 2.45) is 0 Å². The first-order chi connectivity index (χ1) is 1.73. The first-order valence-electron chi connectivity index (χ1n) is 0.707. The van der Waals surface area contributed by atoms with E-state index in [9.17, 15) is 0 Å². The Balaban J connectivity index is -0.0000000150. The van der Waals surface area contributed by atoms with Gasteiger partial charge in [-0.25, -0.2) is 0 Å². The van der Waals surface area contributed by atoms with Crippen LogP contribution in [0.15, 0.2) is 0 Å². The molecule has 0 aliphatic rings. The molecule has 1 radical (unpaired) electrons. The Labute approximate surface area is 111 Å². The molecule has 7 heavy (non-hydrogen) atoms. The predicted molar refractivity (Wildman–Crippen MR) is 11.5 cm³/mol.